The summed E-state index contributed by atoms with van der Waals surface area (Å²) in [7, 11) is 0. The van der Waals surface area contributed by atoms with E-state index in [0.717, 1.165) is 12.0 Å². The van der Waals surface area contributed by atoms with Gasteiger partial charge in [-0.1, -0.05) is 17.4 Å². The van der Waals surface area contributed by atoms with Crippen LogP contribution in [0.2, 0.25) is 0 Å². The summed E-state index contributed by atoms with van der Waals surface area (Å²) in [5.41, 5.74) is 1.13. The number of rotatable bonds is 3. The van der Waals surface area contributed by atoms with Gasteiger partial charge in [-0.3, -0.25) is 10.1 Å². The standard InChI is InChI=1S/C14H13F2N3O2S/c1-14(2)6-8-4-3-7(5-9(8)21-14)11(20)17-13-19-18-12(22-13)10(15)16/h3-5,10H,6H2,1-2H3,(H,17,19,20). The van der Waals surface area contributed by atoms with Gasteiger partial charge in [-0.15, -0.1) is 10.2 Å². The van der Waals surface area contributed by atoms with Gasteiger partial charge in [-0.2, -0.15) is 0 Å². The molecule has 0 saturated carbocycles. The van der Waals surface area contributed by atoms with Gasteiger partial charge in [0.05, 0.1) is 0 Å². The molecule has 0 unspecified atom stereocenters. The molecule has 1 aliphatic rings. The van der Waals surface area contributed by atoms with Gasteiger partial charge in [0.1, 0.15) is 11.4 Å². The Hall–Kier alpha value is -2.09. The molecular weight excluding hydrogens is 312 g/mol. The maximum absolute atomic E-state index is 12.4. The molecule has 0 aliphatic carbocycles. The highest BCUT2D eigenvalue weighted by atomic mass is 32.1. The monoisotopic (exact) mass is 325 g/mol. The Kier molecular flexibility index (Phi) is 3.56. The van der Waals surface area contributed by atoms with Crippen molar-refractivity contribution in [2.75, 3.05) is 5.32 Å². The number of hydrogen-bond donors (Lipinski definition) is 1. The number of halogens is 2. The topological polar surface area (TPSA) is 64.1 Å². The van der Waals surface area contributed by atoms with E-state index in [4.69, 9.17) is 4.74 Å². The third-order valence-corrected chi connectivity index (χ3v) is 4.03. The first kappa shape index (κ1) is 14.8. The molecule has 0 spiro atoms. The second kappa shape index (κ2) is 5.28. The van der Waals surface area contributed by atoms with Crippen LogP contribution in [0, 0.1) is 0 Å². The maximum atomic E-state index is 12.4. The van der Waals surface area contributed by atoms with Crippen molar-refractivity contribution in [1.29, 1.82) is 0 Å². The maximum Gasteiger partial charge on any atom is 0.291 e. The summed E-state index contributed by atoms with van der Waals surface area (Å²) in [6.07, 6.45) is -1.92. The van der Waals surface area contributed by atoms with Crippen molar-refractivity contribution in [2.45, 2.75) is 32.3 Å². The number of hydrogen-bond acceptors (Lipinski definition) is 5. The summed E-state index contributed by atoms with van der Waals surface area (Å²) in [6.45, 7) is 3.94. The summed E-state index contributed by atoms with van der Waals surface area (Å²) < 4.78 is 30.7. The average molecular weight is 325 g/mol. The van der Waals surface area contributed by atoms with E-state index in [-0.39, 0.29) is 10.7 Å². The summed E-state index contributed by atoms with van der Waals surface area (Å²) in [4.78, 5) is 12.1. The van der Waals surface area contributed by atoms with Crippen molar-refractivity contribution in [3.63, 3.8) is 0 Å². The molecule has 8 heteroatoms. The number of benzene rings is 1. The number of ether oxygens (including phenoxy) is 1. The van der Waals surface area contributed by atoms with E-state index in [1.165, 1.54) is 0 Å². The van der Waals surface area contributed by atoms with Gasteiger partial charge in [0.15, 0.2) is 5.01 Å². The average Bonchev–Trinajstić information content (AvgIpc) is 2.99. The van der Waals surface area contributed by atoms with Crippen LogP contribution in [0.3, 0.4) is 0 Å². The van der Waals surface area contributed by atoms with Crippen LogP contribution in [0.1, 0.15) is 41.2 Å². The van der Waals surface area contributed by atoms with Crippen molar-refractivity contribution in [3.8, 4) is 5.75 Å². The number of carbonyl (C=O) groups excluding carboxylic acids is 1. The van der Waals surface area contributed by atoms with Gasteiger partial charge >= 0.3 is 0 Å². The smallest absolute Gasteiger partial charge is 0.291 e. The van der Waals surface area contributed by atoms with E-state index in [9.17, 15) is 13.6 Å². The number of alkyl halides is 2. The molecule has 0 bridgehead atoms. The molecule has 116 valence electrons. The van der Waals surface area contributed by atoms with Crippen LogP contribution in [0.4, 0.5) is 13.9 Å². The molecule has 22 heavy (non-hydrogen) atoms. The molecule has 1 aromatic carbocycles. The predicted octanol–water partition coefficient (Wildman–Crippen LogP) is 3.44. The number of anilines is 1. The first-order valence-corrected chi connectivity index (χ1v) is 7.40. The Morgan fingerprint density at radius 2 is 2.18 bits per heavy atom. The van der Waals surface area contributed by atoms with E-state index in [1.54, 1.807) is 12.1 Å². The van der Waals surface area contributed by atoms with Gasteiger partial charge in [0.2, 0.25) is 5.13 Å². The van der Waals surface area contributed by atoms with Gasteiger partial charge in [0, 0.05) is 12.0 Å². The molecule has 0 radical (unpaired) electrons. The van der Waals surface area contributed by atoms with Crippen molar-refractivity contribution >= 4 is 22.4 Å². The van der Waals surface area contributed by atoms with Gasteiger partial charge in [-0.05, 0) is 31.5 Å². The summed E-state index contributed by atoms with van der Waals surface area (Å²) in [5, 5.41) is 8.93. The van der Waals surface area contributed by atoms with Crippen molar-refractivity contribution in [2.24, 2.45) is 0 Å². The van der Waals surface area contributed by atoms with Crippen LogP contribution in [-0.2, 0) is 6.42 Å². The minimum absolute atomic E-state index is 0.0436. The van der Waals surface area contributed by atoms with Gasteiger partial charge in [-0.25, -0.2) is 8.78 Å². The Morgan fingerprint density at radius 3 is 2.86 bits per heavy atom. The quantitative estimate of drug-likeness (QED) is 0.939. The molecule has 0 saturated heterocycles. The van der Waals surface area contributed by atoms with Crippen molar-refractivity contribution < 1.29 is 18.3 Å². The van der Waals surface area contributed by atoms with Crippen molar-refractivity contribution in [1.82, 2.24) is 10.2 Å². The van der Waals surface area contributed by atoms with Gasteiger partial charge < -0.3 is 4.74 Å². The first-order chi connectivity index (χ1) is 10.3. The fraction of sp³-hybridized carbons (Fsp3) is 0.357. The Labute approximate surface area is 129 Å². The van der Waals surface area contributed by atoms with Crippen LogP contribution < -0.4 is 10.1 Å². The molecular formula is C14H13F2N3O2S. The molecule has 5 nitrogen and oxygen atoms in total. The normalized spacial score (nSPS) is 15.5. The van der Waals surface area contributed by atoms with Crippen LogP contribution in [0.15, 0.2) is 18.2 Å². The summed E-state index contributed by atoms with van der Waals surface area (Å²) in [6, 6.07) is 5.16. The third kappa shape index (κ3) is 2.92. The predicted molar refractivity (Wildman–Crippen MR) is 77.7 cm³/mol. The van der Waals surface area contributed by atoms with E-state index in [0.29, 0.717) is 22.6 Å². The number of amides is 1. The fourth-order valence-corrected chi connectivity index (χ4v) is 2.87. The zero-order chi connectivity index (χ0) is 15.9. The fourth-order valence-electron chi connectivity index (χ4n) is 2.27. The molecule has 2 heterocycles. The number of nitrogens with zero attached hydrogens (tertiary/aromatic N) is 2. The molecule has 1 N–H and O–H groups in total. The second-order valence-corrected chi connectivity index (χ2v) is 6.57. The van der Waals surface area contributed by atoms with E-state index in [1.807, 2.05) is 19.9 Å². The van der Waals surface area contributed by atoms with Crippen LogP contribution >= 0.6 is 11.3 Å². The number of aromatic nitrogens is 2. The van der Waals surface area contributed by atoms with Gasteiger partial charge in [0.25, 0.3) is 12.3 Å². The molecule has 1 aromatic heterocycles. The lowest BCUT2D eigenvalue weighted by Gasteiger charge is -2.16. The minimum Gasteiger partial charge on any atom is -0.487 e. The SMILES string of the molecule is CC1(C)Cc2ccc(C(=O)Nc3nnc(C(F)F)s3)cc2O1. The van der Waals surface area contributed by atoms with E-state index < -0.39 is 17.3 Å². The Bertz CT molecular complexity index is 731. The lowest BCUT2D eigenvalue weighted by molar-refractivity contribution is 0.102. The van der Waals surface area contributed by atoms with E-state index in [2.05, 4.69) is 15.5 Å². The van der Waals surface area contributed by atoms with Crippen molar-refractivity contribution in [3.05, 3.63) is 34.3 Å². The molecule has 1 amide bonds. The molecule has 1 aliphatic heterocycles. The highest BCUT2D eigenvalue weighted by molar-refractivity contribution is 7.15. The van der Waals surface area contributed by atoms with Crippen LogP contribution in [0.25, 0.3) is 0 Å². The number of nitrogens with one attached hydrogen (secondary N) is 1. The molecule has 3 rings (SSSR count). The largest absolute Gasteiger partial charge is 0.487 e. The lowest BCUT2D eigenvalue weighted by Crippen LogP contribution is -2.24. The zero-order valence-electron chi connectivity index (χ0n) is 11.9. The third-order valence-electron chi connectivity index (χ3n) is 3.18. The summed E-state index contributed by atoms with van der Waals surface area (Å²) >= 11 is 0.654. The molecule has 0 atom stereocenters. The minimum atomic E-state index is -2.70. The van der Waals surface area contributed by atoms with Crippen LogP contribution in [0.5, 0.6) is 5.75 Å². The highest BCUT2D eigenvalue weighted by Gasteiger charge is 2.30. The molecule has 0 fully saturated rings. The lowest BCUT2D eigenvalue weighted by atomic mass is 10.0. The molecule has 2 aromatic rings. The first-order valence-electron chi connectivity index (χ1n) is 6.59. The number of fused-ring (bicyclic) bond motifs is 1. The Balaban J connectivity index is 1.76. The summed E-state index contributed by atoms with van der Waals surface area (Å²) in [5.74, 6) is 0.233. The van der Waals surface area contributed by atoms with Crippen LogP contribution in [-0.4, -0.2) is 21.7 Å². The zero-order valence-corrected chi connectivity index (χ0v) is 12.7. The number of carbonyl (C=O) groups is 1. The Morgan fingerprint density at radius 1 is 1.41 bits per heavy atom. The second-order valence-electron chi connectivity index (χ2n) is 5.56. The van der Waals surface area contributed by atoms with E-state index >= 15 is 0 Å². The highest BCUT2D eigenvalue weighted by Crippen LogP contribution is 2.35.